The van der Waals surface area contributed by atoms with Gasteiger partial charge in [0.05, 0.1) is 12.1 Å². The molecule has 0 saturated carbocycles. The third kappa shape index (κ3) is 3.41. The Morgan fingerprint density at radius 3 is 2.81 bits per heavy atom. The summed E-state index contributed by atoms with van der Waals surface area (Å²) in [7, 11) is 0. The zero-order valence-corrected chi connectivity index (χ0v) is 15.4. The molecule has 0 bridgehead atoms. The Bertz CT molecular complexity index is 981. The van der Waals surface area contributed by atoms with E-state index >= 15 is 0 Å². The van der Waals surface area contributed by atoms with Gasteiger partial charge in [-0.2, -0.15) is 0 Å². The number of anilines is 1. The molecule has 0 atom stereocenters. The van der Waals surface area contributed by atoms with Crippen LogP contribution >= 0.6 is 11.3 Å². The van der Waals surface area contributed by atoms with E-state index < -0.39 is 0 Å². The van der Waals surface area contributed by atoms with Gasteiger partial charge < -0.3 is 14.8 Å². The summed E-state index contributed by atoms with van der Waals surface area (Å²) in [6.07, 6.45) is 0.333. The number of benzene rings is 2. The van der Waals surface area contributed by atoms with E-state index in [4.69, 9.17) is 9.47 Å². The van der Waals surface area contributed by atoms with Gasteiger partial charge in [0.1, 0.15) is 0 Å². The van der Waals surface area contributed by atoms with Gasteiger partial charge in [-0.05, 0) is 48.7 Å². The van der Waals surface area contributed by atoms with Crippen LogP contribution in [0.2, 0.25) is 0 Å². The van der Waals surface area contributed by atoms with E-state index in [0.717, 1.165) is 28.3 Å². The lowest BCUT2D eigenvalue weighted by Gasteiger charge is -2.05. The molecule has 2 heterocycles. The van der Waals surface area contributed by atoms with E-state index in [-0.39, 0.29) is 12.7 Å². The highest BCUT2D eigenvalue weighted by atomic mass is 32.1. The molecule has 0 fully saturated rings. The Hall–Kier alpha value is -2.86. The summed E-state index contributed by atoms with van der Waals surface area (Å²) in [4.78, 5) is 16.8. The number of hydrogen-bond acceptors (Lipinski definition) is 5. The third-order valence-electron chi connectivity index (χ3n) is 4.35. The van der Waals surface area contributed by atoms with Gasteiger partial charge in [0, 0.05) is 10.9 Å². The molecule has 0 unspecified atom stereocenters. The van der Waals surface area contributed by atoms with Crippen LogP contribution in [0.5, 0.6) is 11.5 Å². The molecule has 0 aliphatic carbocycles. The van der Waals surface area contributed by atoms with Gasteiger partial charge in [0.2, 0.25) is 12.7 Å². The quantitative estimate of drug-likeness (QED) is 0.746. The first-order valence-corrected chi connectivity index (χ1v) is 9.18. The minimum Gasteiger partial charge on any atom is -0.454 e. The number of nitrogens with one attached hydrogen (secondary N) is 1. The van der Waals surface area contributed by atoms with Crippen LogP contribution in [0.1, 0.15) is 16.7 Å². The Morgan fingerprint density at radius 1 is 1.12 bits per heavy atom. The Kier molecular flexibility index (Phi) is 4.34. The van der Waals surface area contributed by atoms with Crippen molar-refractivity contribution in [2.75, 3.05) is 12.1 Å². The molecular formula is C20H18N2O3S. The molecule has 1 aliphatic heterocycles. The summed E-state index contributed by atoms with van der Waals surface area (Å²) in [6, 6.07) is 11.8. The summed E-state index contributed by atoms with van der Waals surface area (Å²) < 4.78 is 10.7. The number of aryl methyl sites for hydroxylation is 2. The van der Waals surface area contributed by atoms with E-state index in [2.05, 4.69) is 30.2 Å². The number of hydrogen-bond donors (Lipinski definition) is 1. The van der Waals surface area contributed by atoms with E-state index in [1.54, 1.807) is 0 Å². The molecule has 1 N–H and O–H groups in total. The molecule has 1 aliphatic rings. The minimum atomic E-state index is -0.0696. The van der Waals surface area contributed by atoms with Gasteiger partial charge >= 0.3 is 0 Å². The Balaban J connectivity index is 1.44. The van der Waals surface area contributed by atoms with Crippen LogP contribution in [-0.2, 0) is 11.2 Å². The van der Waals surface area contributed by atoms with Crippen LogP contribution in [0.25, 0.3) is 11.3 Å². The smallest absolute Gasteiger partial charge is 0.231 e. The first-order valence-electron chi connectivity index (χ1n) is 8.30. The molecule has 1 aromatic heterocycles. The molecule has 2 aromatic carbocycles. The van der Waals surface area contributed by atoms with E-state index in [1.807, 2.05) is 35.7 Å². The highest BCUT2D eigenvalue weighted by Gasteiger charge is 2.15. The van der Waals surface area contributed by atoms with Crippen molar-refractivity contribution in [3.63, 3.8) is 0 Å². The average Bonchev–Trinajstić information content (AvgIpc) is 3.26. The first kappa shape index (κ1) is 16.6. The number of carbonyl (C=O) groups is 1. The maximum atomic E-state index is 12.3. The zero-order chi connectivity index (χ0) is 18.1. The van der Waals surface area contributed by atoms with E-state index in [9.17, 15) is 4.79 Å². The fraction of sp³-hybridized carbons (Fsp3) is 0.200. The number of ether oxygens (including phenoxy) is 2. The van der Waals surface area contributed by atoms with Crippen molar-refractivity contribution >= 4 is 22.4 Å². The summed E-state index contributed by atoms with van der Waals surface area (Å²) in [5, 5.41) is 5.39. The van der Waals surface area contributed by atoms with Crippen molar-refractivity contribution in [2.24, 2.45) is 0 Å². The molecular weight excluding hydrogens is 348 g/mol. The standard InChI is InChI=1S/C20H18N2O3S/c1-12-3-4-14(7-13(12)2)8-19(23)22-20-21-16(10-26-20)15-5-6-17-18(9-15)25-11-24-17/h3-7,9-10H,8,11H2,1-2H3,(H,21,22,23). The Morgan fingerprint density at radius 2 is 1.96 bits per heavy atom. The molecule has 1 amide bonds. The first-order chi connectivity index (χ1) is 12.6. The number of carbonyl (C=O) groups excluding carboxylic acids is 1. The summed E-state index contributed by atoms with van der Waals surface area (Å²) in [6.45, 7) is 4.36. The fourth-order valence-corrected chi connectivity index (χ4v) is 3.52. The van der Waals surface area contributed by atoms with Crippen LogP contribution in [0.4, 0.5) is 5.13 Å². The molecule has 0 saturated heterocycles. The number of aromatic nitrogens is 1. The average molecular weight is 366 g/mol. The van der Waals surface area contributed by atoms with Gasteiger partial charge in [-0.15, -0.1) is 11.3 Å². The molecule has 132 valence electrons. The molecule has 6 heteroatoms. The van der Waals surface area contributed by atoms with Crippen LogP contribution < -0.4 is 14.8 Å². The van der Waals surface area contributed by atoms with E-state index in [1.165, 1.54) is 22.5 Å². The molecule has 4 rings (SSSR count). The van der Waals surface area contributed by atoms with Crippen molar-refractivity contribution in [2.45, 2.75) is 20.3 Å². The predicted molar refractivity (Wildman–Crippen MR) is 102 cm³/mol. The number of rotatable bonds is 4. The van der Waals surface area contributed by atoms with Gasteiger partial charge in [-0.3, -0.25) is 4.79 Å². The maximum absolute atomic E-state index is 12.3. The highest BCUT2D eigenvalue weighted by Crippen LogP contribution is 2.36. The molecule has 5 nitrogen and oxygen atoms in total. The normalized spacial score (nSPS) is 12.2. The molecule has 0 spiro atoms. The molecule has 3 aromatic rings. The van der Waals surface area contributed by atoms with Crippen LogP contribution in [0.3, 0.4) is 0 Å². The Labute approximate surface area is 155 Å². The summed E-state index contributed by atoms with van der Waals surface area (Å²) in [5.41, 5.74) is 5.14. The largest absolute Gasteiger partial charge is 0.454 e. The lowest BCUT2D eigenvalue weighted by atomic mass is 10.0. The van der Waals surface area contributed by atoms with Gasteiger partial charge in [-0.25, -0.2) is 4.98 Å². The second-order valence-electron chi connectivity index (χ2n) is 6.25. The summed E-state index contributed by atoms with van der Waals surface area (Å²) >= 11 is 1.41. The monoisotopic (exact) mass is 366 g/mol. The zero-order valence-electron chi connectivity index (χ0n) is 14.5. The highest BCUT2D eigenvalue weighted by molar-refractivity contribution is 7.14. The molecule has 0 radical (unpaired) electrons. The van der Waals surface area contributed by atoms with Gasteiger partial charge in [0.15, 0.2) is 16.6 Å². The van der Waals surface area contributed by atoms with Crippen molar-refractivity contribution in [3.05, 3.63) is 58.5 Å². The topological polar surface area (TPSA) is 60.5 Å². The van der Waals surface area contributed by atoms with Crippen molar-refractivity contribution in [1.29, 1.82) is 0 Å². The number of nitrogens with zero attached hydrogens (tertiary/aromatic N) is 1. The molecule has 26 heavy (non-hydrogen) atoms. The van der Waals surface area contributed by atoms with Crippen molar-refractivity contribution in [1.82, 2.24) is 4.98 Å². The lowest BCUT2D eigenvalue weighted by Crippen LogP contribution is -2.14. The number of fused-ring (bicyclic) bond motifs is 1. The minimum absolute atomic E-state index is 0.0696. The van der Waals surface area contributed by atoms with Gasteiger partial charge in [0.25, 0.3) is 0 Å². The van der Waals surface area contributed by atoms with Crippen molar-refractivity contribution < 1.29 is 14.3 Å². The lowest BCUT2D eigenvalue weighted by molar-refractivity contribution is -0.115. The van der Waals surface area contributed by atoms with Crippen LogP contribution in [-0.4, -0.2) is 17.7 Å². The predicted octanol–water partition coefficient (Wildman–Crippen LogP) is 4.34. The number of thiazole rings is 1. The van der Waals surface area contributed by atoms with Crippen LogP contribution in [0, 0.1) is 13.8 Å². The number of amides is 1. The van der Waals surface area contributed by atoms with Crippen LogP contribution in [0.15, 0.2) is 41.8 Å². The maximum Gasteiger partial charge on any atom is 0.231 e. The fourth-order valence-electron chi connectivity index (χ4n) is 2.78. The second kappa shape index (κ2) is 6.80. The van der Waals surface area contributed by atoms with E-state index in [0.29, 0.717) is 11.6 Å². The second-order valence-corrected chi connectivity index (χ2v) is 7.11. The van der Waals surface area contributed by atoms with Gasteiger partial charge in [-0.1, -0.05) is 18.2 Å². The SMILES string of the molecule is Cc1ccc(CC(=O)Nc2nc(-c3ccc4c(c3)OCO4)cs2)cc1C. The third-order valence-corrected chi connectivity index (χ3v) is 5.11. The van der Waals surface area contributed by atoms with Crippen molar-refractivity contribution in [3.8, 4) is 22.8 Å². The summed E-state index contributed by atoms with van der Waals surface area (Å²) in [5.74, 6) is 1.39.